The Hall–Kier alpha value is -1.88. The first-order valence-corrected chi connectivity index (χ1v) is 5.61. The van der Waals surface area contributed by atoms with E-state index in [4.69, 9.17) is 5.26 Å². The number of aromatic nitrogens is 1. The van der Waals surface area contributed by atoms with Crippen molar-refractivity contribution in [2.75, 3.05) is 6.26 Å². The Morgan fingerprint density at radius 1 is 1.60 bits per heavy atom. The number of nitriles is 1. The van der Waals surface area contributed by atoms with E-state index in [9.17, 15) is 18.5 Å². The molecule has 0 aliphatic heterocycles. The van der Waals surface area contributed by atoms with Crippen molar-refractivity contribution in [1.29, 1.82) is 5.26 Å². The van der Waals surface area contributed by atoms with Gasteiger partial charge in [-0.25, -0.2) is 12.4 Å². The quantitative estimate of drug-likeness (QED) is 0.538. The maximum atomic E-state index is 11.2. The van der Waals surface area contributed by atoms with Crippen LogP contribution in [0.4, 0.5) is 5.69 Å². The van der Waals surface area contributed by atoms with Gasteiger partial charge < -0.3 is 0 Å². The monoisotopic (exact) mass is 229 g/mol. The van der Waals surface area contributed by atoms with Gasteiger partial charge in [0.2, 0.25) is 10.0 Å². The van der Waals surface area contributed by atoms with Gasteiger partial charge in [0.05, 0.1) is 22.9 Å². The minimum Gasteiger partial charge on any atom is -0.258 e. The van der Waals surface area contributed by atoms with E-state index >= 15 is 0 Å². The molecule has 0 radical (unpaired) electrons. The van der Waals surface area contributed by atoms with Gasteiger partial charge in [-0.1, -0.05) is 0 Å². The molecule has 0 saturated carbocycles. The van der Waals surface area contributed by atoms with Crippen LogP contribution in [0.1, 0.15) is 11.3 Å². The van der Waals surface area contributed by atoms with E-state index < -0.39 is 14.9 Å². The van der Waals surface area contributed by atoms with Crippen molar-refractivity contribution < 1.29 is 13.3 Å². The summed E-state index contributed by atoms with van der Waals surface area (Å²) in [4.78, 5) is 9.79. The highest BCUT2D eigenvalue weighted by atomic mass is 32.2. The molecule has 0 saturated heterocycles. The van der Waals surface area contributed by atoms with Gasteiger partial charge in [-0.05, 0) is 6.92 Å². The average Bonchev–Trinajstić information content (AvgIpc) is 2.41. The van der Waals surface area contributed by atoms with Gasteiger partial charge in [0.1, 0.15) is 11.8 Å². The minimum atomic E-state index is -3.69. The van der Waals surface area contributed by atoms with Crippen LogP contribution in [0, 0.1) is 28.4 Å². The molecule has 0 amide bonds. The van der Waals surface area contributed by atoms with E-state index in [1.807, 2.05) is 0 Å². The highest BCUT2D eigenvalue weighted by Crippen LogP contribution is 2.24. The Kier molecular flexibility index (Phi) is 2.51. The van der Waals surface area contributed by atoms with Crippen LogP contribution in [0.25, 0.3) is 0 Å². The number of hydrogen-bond acceptors (Lipinski definition) is 5. The smallest absolute Gasteiger partial charge is 0.258 e. The van der Waals surface area contributed by atoms with Gasteiger partial charge in [-0.3, -0.25) is 10.1 Å². The van der Waals surface area contributed by atoms with Crippen molar-refractivity contribution in [2.24, 2.45) is 0 Å². The van der Waals surface area contributed by atoms with Crippen molar-refractivity contribution in [3.8, 4) is 6.07 Å². The predicted octanol–water partition coefficient (Wildman–Crippen LogP) is 0.384. The molecule has 7 nitrogen and oxygen atoms in total. The van der Waals surface area contributed by atoms with Gasteiger partial charge in [0.25, 0.3) is 5.69 Å². The average molecular weight is 229 g/mol. The van der Waals surface area contributed by atoms with Crippen molar-refractivity contribution in [3.05, 3.63) is 27.6 Å². The molecule has 1 aromatic heterocycles. The highest BCUT2D eigenvalue weighted by Gasteiger charge is 2.24. The zero-order valence-electron chi connectivity index (χ0n) is 7.96. The molecule has 0 N–H and O–H groups in total. The summed E-state index contributed by atoms with van der Waals surface area (Å²) in [6, 6.07) is 1.63. The largest absolute Gasteiger partial charge is 0.292 e. The summed E-state index contributed by atoms with van der Waals surface area (Å²) in [5.74, 6) is 0. The fraction of sp³-hybridized carbons (Fsp3) is 0.286. The summed E-state index contributed by atoms with van der Waals surface area (Å²) in [5.41, 5.74) is -0.561. The van der Waals surface area contributed by atoms with Crippen molar-refractivity contribution in [3.63, 3.8) is 0 Å². The lowest BCUT2D eigenvalue weighted by Crippen LogP contribution is -2.10. The summed E-state index contributed by atoms with van der Waals surface area (Å²) in [6.07, 6.45) is 1.71. The van der Waals surface area contributed by atoms with E-state index in [0.29, 0.717) is 3.97 Å². The lowest BCUT2D eigenvalue weighted by molar-refractivity contribution is -0.385. The second-order valence-corrected chi connectivity index (χ2v) is 4.78. The Morgan fingerprint density at radius 2 is 2.13 bits per heavy atom. The second-order valence-electron chi connectivity index (χ2n) is 2.92. The first-order chi connectivity index (χ1) is 6.79. The molecular weight excluding hydrogens is 222 g/mol. The van der Waals surface area contributed by atoms with Crippen LogP contribution in [0.5, 0.6) is 0 Å². The molecule has 0 aromatic carbocycles. The highest BCUT2D eigenvalue weighted by molar-refractivity contribution is 7.89. The van der Waals surface area contributed by atoms with Crippen molar-refractivity contribution >= 4 is 15.7 Å². The van der Waals surface area contributed by atoms with E-state index in [-0.39, 0.29) is 16.9 Å². The number of rotatable bonds is 2. The van der Waals surface area contributed by atoms with Crippen LogP contribution in [0.15, 0.2) is 6.20 Å². The van der Waals surface area contributed by atoms with Crippen LogP contribution in [0.3, 0.4) is 0 Å². The van der Waals surface area contributed by atoms with Gasteiger partial charge in [0.15, 0.2) is 0 Å². The van der Waals surface area contributed by atoms with Gasteiger partial charge >= 0.3 is 0 Å². The summed E-state index contributed by atoms with van der Waals surface area (Å²) in [5, 5.41) is 19.2. The summed E-state index contributed by atoms with van der Waals surface area (Å²) >= 11 is 0. The van der Waals surface area contributed by atoms with Crippen molar-refractivity contribution in [2.45, 2.75) is 6.92 Å². The number of nitro groups is 1. The van der Waals surface area contributed by atoms with Gasteiger partial charge in [-0.15, -0.1) is 0 Å². The number of hydrogen-bond donors (Lipinski definition) is 0. The molecule has 1 rings (SSSR count). The zero-order chi connectivity index (χ0) is 11.8. The third kappa shape index (κ3) is 1.82. The maximum Gasteiger partial charge on any atom is 0.292 e. The normalized spacial score (nSPS) is 11.0. The first kappa shape index (κ1) is 11.2. The van der Waals surface area contributed by atoms with Crippen LogP contribution in [-0.4, -0.2) is 23.6 Å². The standard InChI is InChI=1S/C7H7N3O4S/c1-5-6(3-8)9(15(2,13)14)4-7(5)10(11)12/h4H,1-2H3. The van der Waals surface area contributed by atoms with E-state index in [0.717, 1.165) is 12.5 Å². The predicted molar refractivity (Wildman–Crippen MR) is 50.8 cm³/mol. The Morgan fingerprint density at radius 3 is 2.40 bits per heavy atom. The molecule has 0 aliphatic rings. The summed E-state index contributed by atoms with van der Waals surface area (Å²) in [6.45, 7) is 1.33. The van der Waals surface area contributed by atoms with Gasteiger partial charge in [0, 0.05) is 0 Å². The summed E-state index contributed by atoms with van der Waals surface area (Å²) in [7, 11) is -3.69. The zero-order valence-corrected chi connectivity index (χ0v) is 8.78. The Labute approximate surface area is 85.8 Å². The first-order valence-electron chi connectivity index (χ1n) is 3.76. The molecule has 80 valence electrons. The van der Waals surface area contributed by atoms with Gasteiger partial charge in [-0.2, -0.15) is 5.26 Å². The van der Waals surface area contributed by atoms with E-state index in [2.05, 4.69) is 0 Å². The van der Waals surface area contributed by atoms with Crippen LogP contribution < -0.4 is 0 Å². The lowest BCUT2D eigenvalue weighted by atomic mass is 10.2. The molecule has 0 fully saturated rings. The topological polar surface area (TPSA) is 106 Å². The summed E-state index contributed by atoms with van der Waals surface area (Å²) < 4.78 is 23.0. The minimum absolute atomic E-state index is 0.0490. The lowest BCUT2D eigenvalue weighted by Gasteiger charge is -1.98. The molecule has 15 heavy (non-hydrogen) atoms. The fourth-order valence-electron chi connectivity index (χ4n) is 1.14. The Bertz CT molecular complexity index is 564. The molecule has 0 unspecified atom stereocenters. The van der Waals surface area contributed by atoms with Crippen LogP contribution in [0.2, 0.25) is 0 Å². The molecule has 1 aromatic rings. The SMILES string of the molecule is Cc1c([N+](=O)[O-])cn(S(C)(=O)=O)c1C#N. The molecular formula is C7H7N3O4S. The second kappa shape index (κ2) is 3.36. The third-order valence-electron chi connectivity index (χ3n) is 1.86. The Balaban J connectivity index is 3.65. The van der Waals surface area contributed by atoms with E-state index in [1.54, 1.807) is 6.07 Å². The molecule has 1 heterocycles. The van der Waals surface area contributed by atoms with Crippen LogP contribution in [-0.2, 0) is 10.0 Å². The molecule has 0 spiro atoms. The number of nitrogens with zero attached hydrogens (tertiary/aromatic N) is 3. The molecule has 0 aliphatic carbocycles. The maximum absolute atomic E-state index is 11.2. The molecule has 8 heteroatoms. The van der Waals surface area contributed by atoms with Crippen LogP contribution >= 0.6 is 0 Å². The van der Waals surface area contributed by atoms with E-state index in [1.165, 1.54) is 6.92 Å². The molecule has 0 bridgehead atoms. The third-order valence-corrected chi connectivity index (χ3v) is 2.86. The fourth-order valence-corrected chi connectivity index (χ4v) is 1.94. The molecule has 0 atom stereocenters. The van der Waals surface area contributed by atoms with Crippen molar-refractivity contribution in [1.82, 2.24) is 3.97 Å².